The Labute approximate surface area is 101 Å². The first-order valence-corrected chi connectivity index (χ1v) is 5.70. The van der Waals surface area contributed by atoms with Gasteiger partial charge >= 0.3 is 0 Å². The SMILES string of the molecule is OC(CNCc1ccccc1)c1ccccn1. The van der Waals surface area contributed by atoms with Crippen LogP contribution in [0.25, 0.3) is 0 Å². The van der Waals surface area contributed by atoms with Gasteiger partial charge < -0.3 is 10.4 Å². The van der Waals surface area contributed by atoms with E-state index in [0.717, 1.165) is 6.54 Å². The number of aromatic nitrogens is 1. The summed E-state index contributed by atoms with van der Waals surface area (Å²) in [5.41, 5.74) is 1.91. The molecule has 0 fully saturated rings. The van der Waals surface area contributed by atoms with Crippen molar-refractivity contribution in [3.05, 3.63) is 66.0 Å². The van der Waals surface area contributed by atoms with Crippen LogP contribution in [0.5, 0.6) is 0 Å². The van der Waals surface area contributed by atoms with Gasteiger partial charge in [-0.15, -0.1) is 0 Å². The van der Waals surface area contributed by atoms with E-state index in [-0.39, 0.29) is 0 Å². The molecule has 1 aromatic carbocycles. The first-order chi connectivity index (χ1) is 8.36. The average Bonchev–Trinajstić information content (AvgIpc) is 2.41. The molecule has 3 heteroatoms. The lowest BCUT2D eigenvalue weighted by Crippen LogP contribution is -2.21. The van der Waals surface area contributed by atoms with Crippen LogP contribution in [0.3, 0.4) is 0 Å². The minimum Gasteiger partial charge on any atom is -0.385 e. The van der Waals surface area contributed by atoms with Gasteiger partial charge in [0.2, 0.25) is 0 Å². The fraction of sp³-hybridized carbons (Fsp3) is 0.214. The Morgan fingerprint density at radius 2 is 1.82 bits per heavy atom. The molecule has 88 valence electrons. The number of hydrogen-bond acceptors (Lipinski definition) is 3. The molecule has 0 spiro atoms. The van der Waals surface area contributed by atoms with Crippen molar-refractivity contribution in [3.8, 4) is 0 Å². The summed E-state index contributed by atoms with van der Waals surface area (Å²) in [6.07, 6.45) is 1.13. The predicted octanol–water partition coefficient (Wildman–Crippen LogP) is 1.90. The maximum absolute atomic E-state index is 9.87. The van der Waals surface area contributed by atoms with Crippen molar-refractivity contribution in [2.24, 2.45) is 0 Å². The molecule has 0 aliphatic heterocycles. The molecule has 0 saturated heterocycles. The highest BCUT2D eigenvalue weighted by atomic mass is 16.3. The Bertz CT molecular complexity index is 430. The molecule has 0 aliphatic rings. The summed E-state index contributed by atoms with van der Waals surface area (Å²) in [6, 6.07) is 15.7. The van der Waals surface area contributed by atoms with E-state index >= 15 is 0 Å². The number of benzene rings is 1. The summed E-state index contributed by atoms with van der Waals surface area (Å²) >= 11 is 0. The first-order valence-electron chi connectivity index (χ1n) is 5.70. The molecule has 0 bridgehead atoms. The summed E-state index contributed by atoms with van der Waals surface area (Å²) in [4.78, 5) is 4.11. The molecule has 0 amide bonds. The van der Waals surface area contributed by atoms with E-state index in [4.69, 9.17) is 0 Å². The van der Waals surface area contributed by atoms with Gasteiger partial charge in [0.15, 0.2) is 0 Å². The van der Waals surface area contributed by atoms with E-state index in [9.17, 15) is 5.11 Å². The molecule has 1 aromatic heterocycles. The van der Waals surface area contributed by atoms with E-state index in [1.165, 1.54) is 5.56 Å². The highest BCUT2D eigenvalue weighted by molar-refractivity contribution is 5.14. The minimum atomic E-state index is -0.556. The van der Waals surface area contributed by atoms with Crippen LogP contribution in [-0.2, 0) is 6.54 Å². The second-order valence-electron chi connectivity index (χ2n) is 3.89. The topological polar surface area (TPSA) is 45.1 Å². The van der Waals surface area contributed by atoms with Crippen LogP contribution < -0.4 is 5.32 Å². The van der Waals surface area contributed by atoms with E-state index in [1.807, 2.05) is 36.4 Å². The number of hydrogen-bond donors (Lipinski definition) is 2. The molecule has 1 heterocycles. The van der Waals surface area contributed by atoms with Crippen LogP contribution >= 0.6 is 0 Å². The van der Waals surface area contributed by atoms with E-state index in [0.29, 0.717) is 12.2 Å². The number of aliphatic hydroxyl groups excluding tert-OH is 1. The van der Waals surface area contributed by atoms with Crippen molar-refractivity contribution in [1.82, 2.24) is 10.3 Å². The quantitative estimate of drug-likeness (QED) is 0.821. The largest absolute Gasteiger partial charge is 0.385 e. The Balaban J connectivity index is 1.79. The lowest BCUT2D eigenvalue weighted by molar-refractivity contribution is 0.169. The third-order valence-corrected chi connectivity index (χ3v) is 2.54. The lowest BCUT2D eigenvalue weighted by Gasteiger charge is -2.11. The number of nitrogens with zero attached hydrogens (tertiary/aromatic N) is 1. The summed E-state index contributed by atoms with van der Waals surface area (Å²) in [5.74, 6) is 0. The van der Waals surface area contributed by atoms with Gasteiger partial charge in [0.05, 0.1) is 5.69 Å². The maximum atomic E-state index is 9.87. The molecule has 2 rings (SSSR count). The predicted molar refractivity (Wildman–Crippen MR) is 67.3 cm³/mol. The van der Waals surface area contributed by atoms with Gasteiger partial charge in [0, 0.05) is 19.3 Å². The van der Waals surface area contributed by atoms with Crippen molar-refractivity contribution in [2.75, 3.05) is 6.54 Å². The Hall–Kier alpha value is -1.71. The zero-order valence-corrected chi connectivity index (χ0v) is 9.58. The molecular formula is C14H16N2O. The zero-order chi connectivity index (χ0) is 11.9. The van der Waals surface area contributed by atoms with Crippen LogP contribution in [0.1, 0.15) is 17.4 Å². The van der Waals surface area contributed by atoms with Gasteiger partial charge in [-0.3, -0.25) is 4.98 Å². The summed E-state index contributed by atoms with van der Waals surface area (Å²) in [7, 11) is 0. The molecule has 2 N–H and O–H groups in total. The molecular weight excluding hydrogens is 212 g/mol. The van der Waals surface area contributed by atoms with Crippen LogP contribution in [0.2, 0.25) is 0 Å². The number of aliphatic hydroxyl groups is 1. The van der Waals surface area contributed by atoms with E-state index < -0.39 is 6.10 Å². The highest BCUT2D eigenvalue weighted by Gasteiger charge is 2.06. The van der Waals surface area contributed by atoms with Crippen LogP contribution in [-0.4, -0.2) is 16.6 Å². The third kappa shape index (κ3) is 3.66. The Kier molecular flexibility index (Phi) is 4.24. The zero-order valence-electron chi connectivity index (χ0n) is 9.58. The summed E-state index contributed by atoms with van der Waals surface area (Å²) < 4.78 is 0. The Morgan fingerprint density at radius 3 is 2.53 bits per heavy atom. The van der Waals surface area contributed by atoms with Crippen LogP contribution in [0.4, 0.5) is 0 Å². The molecule has 3 nitrogen and oxygen atoms in total. The molecule has 0 radical (unpaired) electrons. The average molecular weight is 228 g/mol. The second-order valence-corrected chi connectivity index (χ2v) is 3.89. The molecule has 0 saturated carbocycles. The normalized spacial score (nSPS) is 12.3. The molecule has 1 unspecified atom stereocenters. The van der Waals surface area contributed by atoms with E-state index in [1.54, 1.807) is 6.20 Å². The minimum absolute atomic E-state index is 0.506. The van der Waals surface area contributed by atoms with E-state index in [2.05, 4.69) is 22.4 Å². The molecule has 17 heavy (non-hydrogen) atoms. The van der Waals surface area contributed by atoms with Gasteiger partial charge in [-0.05, 0) is 17.7 Å². The highest BCUT2D eigenvalue weighted by Crippen LogP contribution is 2.07. The number of nitrogens with one attached hydrogen (secondary N) is 1. The second kappa shape index (κ2) is 6.13. The van der Waals surface area contributed by atoms with Gasteiger partial charge in [-0.1, -0.05) is 36.4 Å². The van der Waals surface area contributed by atoms with Crippen molar-refractivity contribution >= 4 is 0 Å². The fourth-order valence-corrected chi connectivity index (χ4v) is 1.63. The van der Waals surface area contributed by atoms with Crippen LogP contribution in [0, 0.1) is 0 Å². The molecule has 2 aromatic rings. The fourth-order valence-electron chi connectivity index (χ4n) is 1.63. The third-order valence-electron chi connectivity index (χ3n) is 2.54. The van der Waals surface area contributed by atoms with Crippen molar-refractivity contribution in [2.45, 2.75) is 12.6 Å². The number of pyridine rings is 1. The standard InChI is InChI=1S/C14H16N2O/c17-14(13-8-4-5-9-16-13)11-15-10-12-6-2-1-3-7-12/h1-9,14-15,17H,10-11H2. The number of rotatable bonds is 5. The maximum Gasteiger partial charge on any atom is 0.108 e. The van der Waals surface area contributed by atoms with Gasteiger partial charge in [0.25, 0.3) is 0 Å². The van der Waals surface area contributed by atoms with Crippen LogP contribution in [0.15, 0.2) is 54.7 Å². The monoisotopic (exact) mass is 228 g/mol. The first kappa shape index (κ1) is 11.8. The smallest absolute Gasteiger partial charge is 0.108 e. The van der Waals surface area contributed by atoms with Crippen molar-refractivity contribution in [3.63, 3.8) is 0 Å². The van der Waals surface area contributed by atoms with Gasteiger partial charge in [0.1, 0.15) is 6.10 Å². The molecule has 1 atom stereocenters. The molecule has 0 aliphatic carbocycles. The Morgan fingerprint density at radius 1 is 1.06 bits per heavy atom. The lowest BCUT2D eigenvalue weighted by atomic mass is 10.2. The van der Waals surface area contributed by atoms with Gasteiger partial charge in [-0.2, -0.15) is 0 Å². The summed E-state index contributed by atoms with van der Waals surface area (Å²) in [5, 5.41) is 13.1. The van der Waals surface area contributed by atoms with Crippen molar-refractivity contribution in [1.29, 1.82) is 0 Å². The van der Waals surface area contributed by atoms with Gasteiger partial charge in [-0.25, -0.2) is 0 Å². The summed E-state index contributed by atoms with van der Waals surface area (Å²) in [6.45, 7) is 1.26. The van der Waals surface area contributed by atoms with Crippen molar-refractivity contribution < 1.29 is 5.11 Å².